The number of non-ortho nitro benzene ring substituents is 1. The predicted octanol–water partition coefficient (Wildman–Crippen LogP) is 4.09. The molecule has 0 atom stereocenters. The van der Waals surface area contributed by atoms with Crippen molar-refractivity contribution in [3.05, 3.63) is 81.5 Å². The molecule has 3 aromatic rings. The Kier molecular flexibility index (Phi) is 5.57. The summed E-state index contributed by atoms with van der Waals surface area (Å²) in [5.41, 5.74) is 2.83. The number of para-hydroxylation sites is 1. The van der Waals surface area contributed by atoms with Crippen molar-refractivity contribution < 1.29 is 9.72 Å². The zero-order valence-corrected chi connectivity index (χ0v) is 17.2. The number of nitro groups is 1. The van der Waals surface area contributed by atoms with E-state index in [9.17, 15) is 14.9 Å². The smallest absolute Gasteiger partial charge is 0.269 e. The van der Waals surface area contributed by atoms with Gasteiger partial charge in [-0.2, -0.15) is 0 Å². The standard InChI is InChI=1S/C22H21ClN4O3/c1-24-10-12-25(13-11-24)22(28)17-14-21(16-6-8-18(9-7-16)27(29)30)26(15-17)20-5-3-2-4-19(20)23/h2-9,14-15H,10-13H2,1H3. The van der Waals surface area contributed by atoms with Gasteiger partial charge in [-0.1, -0.05) is 23.7 Å². The van der Waals surface area contributed by atoms with Gasteiger partial charge >= 0.3 is 0 Å². The Morgan fingerprint density at radius 1 is 1.03 bits per heavy atom. The van der Waals surface area contributed by atoms with Gasteiger partial charge in [0.15, 0.2) is 0 Å². The molecule has 1 aliphatic heterocycles. The number of piperazine rings is 1. The van der Waals surface area contributed by atoms with E-state index in [1.165, 1.54) is 12.1 Å². The highest BCUT2D eigenvalue weighted by atomic mass is 35.5. The Bertz CT molecular complexity index is 1090. The van der Waals surface area contributed by atoms with Crippen LogP contribution in [0.5, 0.6) is 0 Å². The number of amides is 1. The van der Waals surface area contributed by atoms with Gasteiger partial charge in [0.25, 0.3) is 11.6 Å². The first kappa shape index (κ1) is 20.1. The average molecular weight is 425 g/mol. The van der Waals surface area contributed by atoms with Gasteiger partial charge < -0.3 is 14.4 Å². The zero-order valence-electron chi connectivity index (χ0n) is 16.5. The molecule has 0 unspecified atom stereocenters. The van der Waals surface area contributed by atoms with E-state index in [0.29, 0.717) is 23.7 Å². The third-order valence-corrected chi connectivity index (χ3v) is 5.66. The van der Waals surface area contributed by atoms with Gasteiger partial charge in [-0.15, -0.1) is 0 Å². The van der Waals surface area contributed by atoms with Gasteiger partial charge in [-0.3, -0.25) is 14.9 Å². The van der Waals surface area contributed by atoms with E-state index in [-0.39, 0.29) is 11.6 Å². The maximum absolute atomic E-state index is 13.1. The van der Waals surface area contributed by atoms with Crippen molar-refractivity contribution in [1.29, 1.82) is 0 Å². The molecule has 2 heterocycles. The molecular formula is C22H21ClN4O3. The maximum atomic E-state index is 13.1. The van der Waals surface area contributed by atoms with Crippen LogP contribution >= 0.6 is 11.6 Å². The van der Waals surface area contributed by atoms with Crippen LogP contribution in [0.1, 0.15) is 10.4 Å². The van der Waals surface area contributed by atoms with Crippen molar-refractivity contribution >= 4 is 23.2 Å². The fraction of sp³-hybridized carbons (Fsp3) is 0.227. The van der Waals surface area contributed by atoms with E-state index in [2.05, 4.69) is 4.90 Å². The van der Waals surface area contributed by atoms with E-state index in [1.54, 1.807) is 24.4 Å². The normalized spacial score (nSPS) is 14.7. The molecule has 1 aliphatic rings. The number of carbonyl (C=O) groups excluding carboxylic acids is 1. The van der Waals surface area contributed by atoms with Crippen LogP contribution in [-0.4, -0.2) is 58.4 Å². The monoisotopic (exact) mass is 424 g/mol. The lowest BCUT2D eigenvalue weighted by atomic mass is 10.1. The second-order valence-corrected chi connectivity index (χ2v) is 7.74. The van der Waals surface area contributed by atoms with E-state index in [1.807, 2.05) is 40.8 Å². The Balaban J connectivity index is 1.77. The minimum absolute atomic E-state index is 0.0170. The van der Waals surface area contributed by atoms with Crippen molar-refractivity contribution in [2.24, 2.45) is 0 Å². The van der Waals surface area contributed by atoms with Crippen LogP contribution in [0.3, 0.4) is 0 Å². The Morgan fingerprint density at radius 3 is 2.33 bits per heavy atom. The van der Waals surface area contributed by atoms with Crippen molar-refractivity contribution in [3.63, 3.8) is 0 Å². The van der Waals surface area contributed by atoms with Crippen LogP contribution in [0.2, 0.25) is 5.02 Å². The number of hydrogen-bond donors (Lipinski definition) is 0. The Labute approximate surface area is 179 Å². The van der Waals surface area contributed by atoms with Crippen molar-refractivity contribution in [3.8, 4) is 16.9 Å². The number of hydrogen-bond acceptors (Lipinski definition) is 4. The van der Waals surface area contributed by atoms with E-state index in [4.69, 9.17) is 11.6 Å². The largest absolute Gasteiger partial charge is 0.336 e. The molecule has 1 saturated heterocycles. The fourth-order valence-corrected chi connectivity index (χ4v) is 3.82. The van der Waals surface area contributed by atoms with Crippen molar-refractivity contribution in [2.75, 3.05) is 33.2 Å². The number of aromatic nitrogens is 1. The second-order valence-electron chi connectivity index (χ2n) is 7.33. The molecule has 7 nitrogen and oxygen atoms in total. The van der Waals surface area contributed by atoms with Crippen LogP contribution < -0.4 is 0 Å². The summed E-state index contributed by atoms with van der Waals surface area (Å²) in [7, 11) is 2.04. The number of nitrogens with zero attached hydrogens (tertiary/aromatic N) is 4. The predicted molar refractivity (Wildman–Crippen MR) is 116 cm³/mol. The molecule has 30 heavy (non-hydrogen) atoms. The van der Waals surface area contributed by atoms with Crippen LogP contribution in [-0.2, 0) is 0 Å². The first-order valence-corrected chi connectivity index (χ1v) is 10.0. The van der Waals surface area contributed by atoms with Crippen LogP contribution in [0, 0.1) is 10.1 Å². The lowest BCUT2D eigenvalue weighted by Gasteiger charge is -2.32. The van der Waals surface area contributed by atoms with Gasteiger partial charge in [0.2, 0.25) is 0 Å². The highest BCUT2D eigenvalue weighted by Gasteiger charge is 2.23. The minimum atomic E-state index is -0.431. The van der Waals surface area contributed by atoms with E-state index < -0.39 is 4.92 Å². The summed E-state index contributed by atoms with van der Waals surface area (Å²) in [6, 6.07) is 15.5. The lowest BCUT2D eigenvalue weighted by molar-refractivity contribution is -0.384. The first-order valence-electron chi connectivity index (χ1n) is 9.64. The molecule has 2 aromatic carbocycles. The third kappa shape index (κ3) is 3.94. The quantitative estimate of drug-likeness (QED) is 0.467. The number of nitro benzene ring substituents is 1. The first-order chi connectivity index (χ1) is 14.4. The van der Waals surface area contributed by atoms with Crippen LogP contribution in [0.25, 0.3) is 16.9 Å². The Hall–Kier alpha value is -3.16. The highest BCUT2D eigenvalue weighted by molar-refractivity contribution is 6.32. The molecule has 1 amide bonds. The summed E-state index contributed by atoms with van der Waals surface area (Å²) >= 11 is 6.43. The third-order valence-electron chi connectivity index (χ3n) is 5.34. The van der Waals surface area contributed by atoms with Gasteiger partial charge in [0, 0.05) is 44.5 Å². The number of likely N-dealkylation sites (N-methyl/N-ethyl adjacent to an activating group) is 1. The zero-order chi connectivity index (χ0) is 21.3. The summed E-state index contributed by atoms with van der Waals surface area (Å²) in [5, 5.41) is 11.6. The molecule has 154 valence electrons. The number of benzene rings is 2. The van der Waals surface area contributed by atoms with Gasteiger partial charge in [-0.25, -0.2) is 0 Å². The summed E-state index contributed by atoms with van der Waals surface area (Å²) in [4.78, 5) is 27.8. The maximum Gasteiger partial charge on any atom is 0.269 e. The minimum Gasteiger partial charge on any atom is -0.336 e. The number of rotatable bonds is 4. The molecule has 0 radical (unpaired) electrons. The van der Waals surface area contributed by atoms with Gasteiger partial charge in [0.1, 0.15) is 0 Å². The molecule has 1 aromatic heterocycles. The van der Waals surface area contributed by atoms with E-state index >= 15 is 0 Å². The molecule has 0 saturated carbocycles. The van der Waals surface area contributed by atoms with Gasteiger partial charge in [0.05, 0.1) is 26.9 Å². The topological polar surface area (TPSA) is 71.6 Å². The SMILES string of the molecule is CN1CCN(C(=O)c2cc(-c3ccc([N+](=O)[O-])cc3)n(-c3ccccc3Cl)c2)CC1. The average Bonchev–Trinajstić information content (AvgIpc) is 3.19. The molecule has 0 N–H and O–H groups in total. The number of halogens is 1. The second kappa shape index (κ2) is 8.30. The molecule has 1 fully saturated rings. The summed E-state index contributed by atoms with van der Waals surface area (Å²) < 4.78 is 1.87. The van der Waals surface area contributed by atoms with E-state index in [0.717, 1.165) is 30.0 Å². The summed E-state index contributed by atoms with van der Waals surface area (Å²) in [6.45, 7) is 3.04. The number of carbonyl (C=O) groups is 1. The molecule has 4 rings (SSSR count). The van der Waals surface area contributed by atoms with Crippen LogP contribution in [0.4, 0.5) is 5.69 Å². The summed E-state index contributed by atoms with van der Waals surface area (Å²) in [6.07, 6.45) is 1.79. The van der Waals surface area contributed by atoms with Crippen molar-refractivity contribution in [1.82, 2.24) is 14.4 Å². The Morgan fingerprint density at radius 2 is 1.70 bits per heavy atom. The molecule has 0 bridgehead atoms. The molecular weight excluding hydrogens is 404 g/mol. The molecule has 0 aliphatic carbocycles. The van der Waals surface area contributed by atoms with Crippen molar-refractivity contribution in [2.45, 2.75) is 0 Å². The van der Waals surface area contributed by atoms with Gasteiger partial charge in [-0.05, 0) is 42.9 Å². The fourth-order valence-electron chi connectivity index (χ4n) is 3.59. The lowest BCUT2D eigenvalue weighted by Crippen LogP contribution is -2.47. The highest BCUT2D eigenvalue weighted by Crippen LogP contribution is 2.31. The molecule has 8 heteroatoms. The molecule has 0 spiro atoms. The summed E-state index contributed by atoms with van der Waals surface area (Å²) in [5.74, 6) is -0.0305. The van der Waals surface area contributed by atoms with Crippen LogP contribution in [0.15, 0.2) is 60.8 Å².